The van der Waals surface area contributed by atoms with Gasteiger partial charge < -0.3 is 10.3 Å². The van der Waals surface area contributed by atoms with Gasteiger partial charge in [-0.3, -0.25) is 4.79 Å². The Bertz CT molecular complexity index is 1140. The van der Waals surface area contributed by atoms with Crippen LogP contribution in [0, 0.1) is 11.7 Å². The summed E-state index contributed by atoms with van der Waals surface area (Å²) in [5, 5.41) is 3.72. The highest BCUT2D eigenvalue weighted by molar-refractivity contribution is 7.89. The highest BCUT2D eigenvalue weighted by atomic mass is 32.2. The predicted molar refractivity (Wildman–Crippen MR) is 113 cm³/mol. The van der Waals surface area contributed by atoms with Crippen molar-refractivity contribution in [2.45, 2.75) is 24.2 Å². The van der Waals surface area contributed by atoms with Crippen molar-refractivity contribution in [2.75, 3.05) is 19.6 Å². The molecule has 1 aromatic heterocycles. The van der Waals surface area contributed by atoms with E-state index in [0.29, 0.717) is 32.4 Å². The molecule has 4 rings (SSSR count). The fourth-order valence-corrected chi connectivity index (χ4v) is 5.48. The van der Waals surface area contributed by atoms with Gasteiger partial charge in [-0.15, -0.1) is 0 Å². The molecule has 0 aliphatic carbocycles. The lowest BCUT2D eigenvalue weighted by atomic mass is 9.98. The molecule has 2 N–H and O–H groups in total. The van der Waals surface area contributed by atoms with E-state index in [4.69, 9.17) is 0 Å². The van der Waals surface area contributed by atoms with Gasteiger partial charge in [0.25, 0.3) is 0 Å². The quantitative estimate of drug-likeness (QED) is 0.632. The van der Waals surface area contributed by atoms with E-state index in [0.717, 1.165) is 16.5 Å². The van der Waals surface area contributed by atoms with Crippen LogP contribution in [0.25, 0.3) is 10.9 Å². The second-order valence-electron chi connectivity index (χ2n) is 7.56. The lowest BCUT2D eigenvalue weighted by molar-refractivity contribution is -0.126. The van der Waals surface area contributed by atoms with Gasteiger partial charge in [0.2, 0.25) is 15.9 Å². The second kappa shape index (κ2) is 8.57. The standard InChI is InChI=1S/C22H24FN3O3S/c23-18-8-9-21-20(13-18)16(14-25-21)10-11-24-22(27)17-5-4-12-26(15-17)30(28,29)19-6-2-1-3-7-19/h1-3,6-9,13-14,17,25H,4-5,10-12,15H2,(H,24,27)/t17-/m0/s1. The number of benzene rings is 2. The van der Waals surface area contributed by atoms with Gasteiger partial charge in [0.15, 0.2) is 0 Å². The molecule has 1 aliphatic heterocycles. The Labute approximate surface area is 175 Å². The zero-order chi connectivity index (χ0) is 21.1. The number of rotatable bonds is 6. The highest BCUT2D eigenvalue weighted by Crippen LogP contribution is 2.24. The Morgan fingerprint density at radius 1 is 1.20 bits per heavy atom. The fourth-order valence-electron chi connectivity index (χ4n) is 3.94. The van der Waals surface area contributed by atoms with Crippen molar-refractivity contribution >= 4 is 26.8 Å². The monoisotopic (exact) mass is 429 g/mol. The molecule has 0 saturated carbocycles. The molecule has 0 bridgehead atoms. The first-order chi connectivity index (χ1) is 14.4. The molecule has 0 unspecified atom stereocenters. The van der Waals surface area contributed by atoms with Crippen LogP contribution in [0.2, 0.25) is 0 Å². The Kier molecular flexibility index (Phi) is 5.87. The van der Waals surface area contributed by atoms with E-state index in [9.17, 15) is 17.6 Å². The summed E-state index contributed by atoms with van der Waals surface area (Å²) in [6, 6.07) is 12.9. The Hall–Kier alpha value is -2.71. The van der Waals surface area contributed by atoms with Crippen LogP contribution in [0.4, 0.5) is 4.39 Å². The highest BCUT2D eigenvalue weighted by Gasteiger charge is 2.33. The summed E-state index contributed by atoms with van der Waals surface area (Å²) in [7, 11) is -3.60. The molecule has 1 amide bonds. The molecule has 158 valence electrons. The summed E-state index contributed by atoms with van der Waals surface area (Å²) in [6.07, 6.45) is 3.69. The SMILES string of the molecule is O=C(NCCc1c[nH]c2ccc(F)cc12)[C@H]1CCCN(S(=O)(=O)c2ccccc2)C1. The van der Waals surface area contributed by atoms with Crippen molar-refractivity contribution in [3.05, 3.63) is 66.1 Å². The number of piperidine rings is 1. The third-order valence-corrected chi connectivity index (χ3v) is 7.44. The van der Waals surface area contributed by atoms with Gasteiger partial charge >= 0.3 is 0 Å². The van der Waals surface area contributed by atoms with Crippen LogP contribution >= 0.6 is 0 Å². The number of nitrogens with one attached hydrogen (secondary N) is 2. The number of hydrogen-bond donors (Lipinski definition) is 2. The second-order valence-corrected chi connectivity index (χ2v) is 9.50. The van der Waals surface area contributed by atoms with Gasteiger partial charge in [0.1, 0.15) is 5.82 Å². The molecule has 0 spiro atoms. The number of amides is 1. The summed E-state index contributed by atoms with van der Waals surface area (Å²) >= 11 is 0. The molecule has 1 atom stereocenters. The molecule has 6 nitrogen and oxygen atoms in total. The molecule has 30 heavy (non-hydrogen) atoms. The first kappa shape index (κ1) is 20.6. The number of halogens is 1. The minimum Gasteiger partial charge on any atom is -0.361 e. The molecular weight excluding hydrogens is 405 g/mol. The van der Waals surface area contributed by atoms with E-state index in [-0.39, 0.29) is 29.1 Å². The zero-order valence-electron chi connectivity index (χ0n) is 16.5. The van der Waals surface area contributed by atoms with Gasteiger partial charge in [0, 0.05) is 36.7 Å². The average Bonchev–Trinajstić information content (AvgIpc) is 3.16. The first-order valence-corrected chi connectivity index (χ1v) is 11.5. The van der Waals surface area contributed by atoms with Gasteiger partial charge in [-0.25, -0.2) is 12.8 Å². The number of aromatic amines is 1. The third kappa shape index (κ3) is 4.24. The van der Waals surface area contributed by atoms with Crippen molar-refractivity contribution in [1.29, 1.82) is 0 Å². The van der Waals surface area contributed by atoms with Crippen molar-refractivity contribution in [2.24, 2.45) is 5.92 Å². The van der Waals surface area contributed by atoms with Crippen LogP contribution in [0.3, 0.4) is 0 Å². The lowest BCUT2D eigenvalue weighted by Gasteiger charge is -2.31. The summed E-state index contributed by atoms with van der Waals surface area (Å²) in [5.41, 5.74) is 1.79. The maximum absolute atomic E-state index is 13.5. The molecule has 3 aromatic rings. The number of carbonyl (C=O) groups excluding carboxylic acids is 1. The number of H-pyrrole nitrogens is 1. The Morgan fingerprint density at radius 3 is 2.80 bits per heavy atom. The minimum absolute atomic E-state index is 0.144. The smallest absolute Gasteiger partial charge is 0.243 e. The maximum Gasteiger partial charge on any atom is 0.243 e. The van der Waals surface area contributed by atoms with Crippen molar-refractivity contribution in [3.8, 4) is 0 Å². The largest absolute Gasteiger partial charge is 0.361 e. The number of aromatic nitrogens is 1. The average molecular weight is 430 g/mol. The topological polar surface area (TPSA) is 82.3 Å². The maximum atomic E-state index is 13.5. The zero-order valence-corrected chi connectivity index (χ0v) is 17.3. The molecule has 1 saturated heterocycles. The minimum atomic E-state index is -3.60. The van der Waals surface area contributed by atoms with E-state index >= 15 is 0 Å². The van der Waals surface area contributed by atoms with Crippen LogP contribution in [0.15, 0.2) is 59.6 Å². The number of sulfonamides is 1. The van der Waals surface area contributed by atoms with E-state index in [1.807, 2.05) is 6.20 Å². The van der Waals surface area contributed by atoms with Gasteiger partial charge in [-0.05, 0) is 55.2 Å². The number of fused-ring (bicyclic) bond motifs is 1. The first-order valence-electron chi connectivity index (χ1n) is 10.0. The van der Waals surface area contributed by atoms with Crippen LogP contribution in [-0.2, 0) is 21.2 Å². The molecule has 2 aromatic carbocycles. The van der Waals surface area contributed by atoms with Gasteiger partial charge in [0.05, 0.1) is 10.8 Å². The van der Waals surface area contributed by atoms with Crippen molar-refractivity contribution in [3.63, 3.8) is 0 Å². The van der Waals surface area contributed by atoms with E-state index in [1.165, 1.54) is 16.4 Å². The van der Waals surface area contributed by atoms with Gasteiger partial charge in [-0.2, -0.15) is 4.31 Å². The molecular formula is C22H24FN3O3S. The normalized spacial score (nSPS) is 17.8. The van der Waals surface area contributed by atoms with Gasteiger partial charge in [-0.1, -0.05) is 18.2 Å². The van der Waals surface area contributed by atoms with Crippen LogP contribution in [-0.4, -0.2) is 43.2 Å². The summed E-state index contributed by atoms with van der Waals surface area (Å²) in [4.78, 5) is 16.0. The van der Waals surface area contributed by atoms with Crippen molar-refractivity contribution in [1.82, 2.24) is 14.6 Å². The molecule has 1 aliphatic rings. The molecule has 2 heterocycles. The van der Waals surface area contributed by atoms with Crippen molar-refractivity contribution < 1.29 is 17.6 Å². The number of carbonyl (C=O) groups is 1. The van der Waals surface area contributed by atoms with E-state index < -0.39 is 10.0 Å². The molecule has 0 radical (unpaired) electrons. The van der Waals surface area contributed by atoms with Crippen LogP contribution < -0.4 is 5.32 Å². The summed E-state index contributed by atoms with van der Waals surface area (Å²) in [6.45, 7) is 1.01. The third-order valence-electron chi connectivity index (χ3n) is 5.56. The number of hydrogen-bond acceptors (Lipinski definition) is 3. The van der Waals surface area contributed by atoms with Crippen LogP contribution in [0.5, 0.6) is 0 Å². The predicted octanol–water partition coefficient (Wildman–Crippen LogP) is 3.07. The summed E-state index contributed by atoms with van der Waals surface area (Å²) in [5.74, 6) is -0.819. The molecule has 1 fully saturated rings. The Morgan fingerprint density at radius 2 is 2.00 bits per heavy atom. The summed E-state index contributed by atoms with van der Waals surface area (Å²) < 4.78 is 40.6. The Balaban J connectivity index is 1.36. The van der Waals surface area contributed by atoms with E-state index in [2.05, 4.69) is 10.3 Å². The molecule has 8 heteroatoms. The lowest BCUT2D eigenvalue weighted by Crippen LogP contribution is -2.45. The number of nitrogens with zero attached hydrogens (tertiary/aromatic N) is 1. The van der Waals surface area contributed by atoms with Crippen LogP contribution in [0.1, 0.15) is 18.4 Å². The fraction of sp³-hybridized carbons (Fsp3) is 0.318. The van der Waals surface area contributed by atoms with E-state index in [1.54, 1.807) is 36.4 Å².